The van der Waals surface area contributed by atoms with Gasteiger partial charge in [0, 0.05) is 0 Å². The zero-order valence-electron chi connectivity index (χ0n) is 6.73. The number of aliphatic hydroxyl groups excluding tert-OH is 1. The first-order valence-corrected chi connectivity index (χ1v) is 2.84. The van der Waals surface area contributed by atoms with Crippen molar-refractivity contribution in [2.75, 3.05) is 13.2 Å². The highest BCUT2D eigenvalue weighted by Crippen LogP contribution is 1.76. The number of rotatable bonds is 4. The number of esters is 1. The van der Waals surface area contributed by atoms with Crippen molar-refractivity contribution in [3.8, 4) is 0 Å². The maximum Gasteiger partial charge on any atom is 0.413 e. The van der Waals surface area contributed by atoms with Gasteiger partial charge >= 0.3 is 12.2 Å². The third kappa shape index (κ3) is 6.44. The largest absolute Gasteiger partial charge is 0.453 e. The lowest BCUT2D eigenvalue weighted by molar-refractivity contribution is -0.137. The molecule has 0 radical (unpaired) electrons. The zero-order chi connectivity index (χ0) is 9.40. The van der Waals surface area contributed by atoms with Crippen LogP contribution in [0.25, 0.3) is 5.53 Å². The molecule has 0 amide bonds. The van der Waals surface area contributed by atoms with Crippen molar-refractivity contribution in [1.29, 1.82) is 0 Å². The smallest absolute Gasteiger partial charge is 0.413 e. The van der Waals surface area contributed by atoms with Crippen LogP contribution in [0.5, 0.6) is 0 Å². The van der Waals surface area contributed by atoms with E-state index in [4.69, 9.17) is 12.0 Å². The van der Waals surface area contributed by atoms with Gasteiger partial charge in [0.05, 0.1) is 6.61 Å². The van der Waals surface area contributed by atoms with E-state index in [2.05, 4.69) is 9.53 Å². The fourth-order valence-corrected chi connectivity index (χ4v) is 0.339. The average Bonchev–Trinajstić information content (AvgIpc) is 2.10. The summed E-state index contributed by atoms with van der Waals surface area (Å²) >= 11 is 0. The van der Waals surface area contributed by atoms with Crippen molar-refractivity contribution < 1.29 is 20.8 Å². The van der Waals surface area contributed by atoms with Crippen LogP contribution in [-0.2, 0) is 9.53 Å². The van der Waals surface area contributed by atoms with E-state index in [1.165, 1.54) is 12.2 Å². The van der Waals surface area contributed by atoms with E-state index in [-0.39, 0.29) is 13.2 Å². The molecule has 1 N–H and O–H groups in total. The Bertz CT molecular complexity index is 233. The Morgan fingerprint density at radius 1 is 1.82 bits per heavy atom. The van der Waals surface area contributed by atoms with E-state index >= 15 is 0 Å². The Hall–Kier alpha value is -1.45. The predicted molar refractivity (Wildman–Crippen MR) is 36.9 cm³/mol. The molecule has 0 aliphatic rings. The SMILES string of the molecule is [2H]C(=[N+]=[N-])C(=O)OC/C=C/CO. The summed E-state index contributed by atoms with van der Waals surface area (Å²) in [6, 6.07) is 0. The zero-order valence-corrected chi connectivity index (χ0v) is 5.73. The van der Waals surface area contributed by atoms with E-state index in [9.17, 15) is 4.79 Å². The molecule has 5 nitrogen and oxygen atoms in total. The highest BCUT2D eigenvalue weighted by atomic mass is 16.5. The van der Waals surface area contributed by atoms with Crippen LogP contribution in [0.2, 0.25) is 0 Å². The quantitative estimate of drug-likeness (QED) is 0.194. The lowest BCUT2D eigenvalue weighted by Crippen LogP contribution is -2.05. The molecule has 0 unspecified atom stereocenters. The third-order valence-electron chi connectivity index (χ3n) is 0.724. The molecule has 0 aromatic rings. The van der Waals surface area contributed by atoms with Gasteiger partial charge in [-0.2, -0.15) is 4.79 Å². The van der Waals surface area contributed by atoms with Crippen molar-refractivity contribution in [2.24, 2.45) is 0 Å². The topological polar surface area (TPSA) is 82.9 Å². The Kier molecular flexibility index (Phi) is 4.64. The van der Waals surface area contributed by atoms with E-state index in [1.54, 1.807) is 0 Å². The summed E-state index contributed by atoms with van der Waals surface area (Å²) in [5.41, 5.74) is 7.95. The molecule has 0 rings (SSSR count). The number of carbonyl (C=O) groups excluding carboxylic acids is 1. The van der Waals surface area contributed by atoms with Gasteiger partial charge in [-0.15, -0.1) is 0 Å². The Balaban J connectivity index is 3.73. The standard InChI is InChI=1S/C6H8N2O3/c7-8-5-6(10)11-4-2-1-3-9/h1-2,5,9H,3-4H2/b2-1+/i5D. The molecular formula is C6H8N2O3. The van der Waals surface area contributed by atoms with Crippen LogP contribution in [0.4, 0.5) is 0 Å². The summed E-state index contributed by atoms with van der Waals surface area (Å²) < 4.78 is 11.0. The maximum atomic E-state index is 10.5. The lowest BCUT2D eigenvalue weighted by atomic mass is 10.5. The molecule has 0 aliphatic heterocycles. The van der Waals surface area contributed by atoms with Crippen LogP contribution < -0.4 is 0 Å². The molecule has 60 valence electrons. The van der Waals surface area contributed by atoms with Gasteiger partial charge in [-0.1, -0.05) is 6.08 Å². The first kappa shape index (κ1) is 7.65. The number of hydrogen-bond acceptors (Lipinski definition) is 3. The van der Waals surface area contributed by atoms with Gasteiger partial charge in [-0.05, 0) is 6.08 Å². The van der Waals surface area contributed by atoms with Gasteiger partial charge in [0.25, 0.3) is 0 Å². The van der Waals surface area contributed by atoms with Gasteiger partial charge in [0.1, 0.15) is 6.61 Å². The molecule has 0 bridgehead atoms. The first-order valence-electron chi connectivity index (χ1n) is 3.34. The minimum atomic E-state index is -1.01. The molecule has 0 saturated carbocycles. The van der Waals surface area contributed by atoms with Crippen molar-refractivity contribution >= 4 is 12.2 Å². The summed E-state index contributed by atoms with van der Waals surface area (Å²) in [4.78, 5) is 12.9. The predicted octanol–water partition coefficient (Wildman–Crippen LogP) is -0.621. The van der Waals surface area contributed by atoms with Crippen molar-refractivity contribution in [1.82, 2.24) is 0 Å². The summed E-state index contributed by atoms with van der Waals surface area (Å²) in [5, 5.41) is 8.26. The number of carbonyl (C=O) groups is 1. The minimum absolute atomic E-state index is 0.0582. The second-order valence-electron chi connectivity index (χ2n) is 1.46. The molecular weight excluding hydrogens is 148 g/mol. The van der Waals surface area contributed by atoms with Crippen LogP contribution in [0.15, 0.2) is 12.2 Å². The third-order valence-corrected chi connectivity index (χ3v) is 0.724. The normalized spacial score (nSPS) is 10.5. The summed E-state index contributed by atoms with van der Waals surface area (Å²) in [5.74, 6) is -1.01. The monoisotopic (exact) mass is 157 g/mol. The number of nitrogens with zero attached hydrogens (tertiary/aromatic N) is 2. The molecule has 0 aromatic carbocycles. The Morgan fingerprint density at radius 3 is 3.09 bits per heavy atom. The minimum Gasteiger partial charge on any atom is -0.453 e. The van der Waals surface area contributed by atoms with Crippen molar-refractivity contribution in [3.63, 3.8) is 0 Å². The van der Waals surface area contributed by atoms with Gasteiger partial charge in [0.15, 0.2) is 1.37 Å². The summed E-state index contributed by atoms with van der Waals surface area (Å²) in [6.45, 7) is -0.198. The fraction of sp³-hybridized carbons (Fsp3) is 0.333. The van der Waals surface area contributed by atoms with Crippen molar-refractivity contribution in [2.45, 2.75) is 0 Å². The summed E-state index contributed by atoms with van der Waals surface area (Å²) in [7, 11) is 0. The van der Waals surface area contributed by atoms with Gasteiger partial charge in [-0.25, -0.2) is 4.79 Å². The van der Waals surface area contributed by atoms with E-state index in [0.29, 0.717) is 0 Å². The molecule has 0 saturated heterocycles. The van der Waals surface area contributed by atoms with E-state index in [0.717, 1.165) is 0 Å². The molecule has 0 atom stereocenters. The molecule has 11 heavy (non-hydrogen) atoms. The Morgan fingerprint density at radius 2 is 2.55 bits per heavy atom. The van der Waals surface area contributed by atoms with Gasteiger partial charge < -0.3 is 15.4 Å². The van der Waals surface area contributed by atoms with Crippen LogP contribution in [0, 0.1) is 0 Å². The molecule has 0 aromatic heterocycles. The molecule has 0 spiro atoms. The maximum absolute atomic E-state index is 10.5. The number of hydrogen-bond donors (Lipinski definition) is 1. The van der Waals surface area contributed by atoms with Gasteiger partial charge in [0.2, 0.25) is 0 Å². The highest BCUT2D eigenvalue weighted by Gasteiger charge is 1.99. The number of ether oxygens (including phenoxy) is 1. The van der Waals surface area contributed by atoms with Crippen LogP contribution in [0.1, 0.15) is 1.37 Å². The van der Waals surface area contributed by atoms with E-state index in [1.807, 2.05) is 0 Å². The van der Waals surface area contributed by atoms with E-state index < -0.39 is 12.2 Å². The second kappa shape index (κ2) is 6.67. The average molecular weight is 157 g/mol. The fourth-order valence-electron chi connectivity index (χ4n) is 0.339. The highest BCUT2D eigenvalue weighted by molar-refractivity contribution is 6.20. The van der Waals surface area contributed by atoms with Crippen LogP contribution in [-0.4, -0.2) is 35.3 Å². The molecule has 0 heterocycles. The molecule has 5 heteroatoms. The lowest BCUT2D eigenvalue weighted by Gasteiger charge is -1.90. The first-order chi connectivity index (χ1) is 5.72. The molecule has 0 fully saturated rings. The molecule has 0 aliphatic carbocycles. The number of aliphatic hydroxyl groups is 1. The van der Waals surface area contributed by atoms with Crippen molar-refractivity contribution in [3.05, 3.63) is 17.7 Å². The Labute approximate surface area is 64.9 Å². The summed E-state index contributed by atoms with van der Waals surface area (Å²) in [6.07, 6.45) is 1.93. The second-order valence-corrected chi connectivity index (χ2v) is 1.46. The van der Waals surface area contributed by atoms with Crippen LogP contribution >= 0.6 is 0 Å². The van der Waals surface area contributed by atoms with Gasteiger partial charge in [-0.3, -0.25) is 0 Å². The van der Waals surface area contributed by atoms with Crippen LogP contribution in [0.3, 0.4) is 0 Å².